The predicted molar refractivity (Wildman–Crippen MR) is 129 cm³/mol. The van der Waals surface area contributed by atoms with Crippen molar-refractivity contribution in [3.63, 3.8) is 0 Å². The zero-order chi connectivity index (χ0) is 20.7. The van der Waals surface area contributed by atoms with Crippen LogP contribution in [0.4, 0.5) is 11.5 Å². The van der Waals surface area contributed by atoms with Gasteiger partial charge in [-0.05, 0) is 48.6 Å². The van der Waals surface area contributed by atoms with Crippen molar-refractivity contribution in [2.24, 2.45) is 0 Å². The van der Waals surface area contributed by atoms with Crippen molar-refractivity contribution >= 4 is 56.5 Å². The SMILES string of the molecule is Nc1ccnc(-c2cccc3cc(C(NSC4CC4)c4nc(N)ccc4Cl)sc23)c1. The lowest BCUT2D eigenvalue weighted by Gasteiger charge is -2.18. The Balaban J connectivity index is 1.61. The number of anilines is 2. The Labute approximate surface area is 188 Å². The summed E-state index contributed by atoms with van der Waals surface area (Å²) in [4.78, 5) is 10.2. The zero-order valence-electron chi connectivity index (χ0n) is 16.0. The number of hydrogen-bond donors (Lipinski definition) is 3. The third-order valence-corrected chi connectivity index (χ3v) is 7.70. The number of fused-ring (bicyclic) bond motifs is 1. The number of hydrogen-bond acceptors (Lipinski definition) is 7. The molecule has 5 N–H and O–H groups in total. The molecule has 1 fully saturated rings. The van der Waals surface area contributed by atoms with E-state index in [1.54, 1.807) is 41.6 Å². The van der Waals surface area contributed by atoms with E-state index in [1.165, 1.54) is 12.8 Å². The number of nitrogens with two attached hydrogens (primary N) is 2. The van der Waals surface area contributed by atoms with Crippen molar-refractivity contribution in [1.82, 2.24) is 14.7 Å². The van der Waals surface area contributed by atoms with Crippen LogP contribution in [-0.2, 0) is 0 Å². The van der Waals surface area contributed by atoms with Gasteiger partial charge >= 0.3 is 0 Å². The molecule has 4 aromatic rings. The Morgan fingerprint density at radius 2 is 2.00 bits per heavy atom. The summed E-state index contributed by atoms with van der Waals surface area (Å²) in [6.07, 6.45) is 4.21. The van der Waals surface area contributed by atoms with Gasteiger partial charge in [-0.1, -0.05) is 41.7 Å². The number of benzene rings is 1. The molecule has 5 rings (SSSR count). The van der Waals surface area contributed by atoms with Gasteiger partial charge in [0.25, 0.3) is 0 Å². The molecular weight excluding hydrogens is 434 g/mol. The first-order valence-corrected chi connectivity index (χ1v) is 11.7. The van der Waals surface area contributed by atoms with Crippen LogP contribution in [0.3, 0.4) is 0 Å². The molecule has 1 aromatic carbocycles. The van der Waals surface area contributed by atoms with Crippen LogP contribution >= 0.6 is 34.9 Å². The Kier molecular flexibility index (Phi) is 5.28. The van der Waals surface area contributed by atoms with Crippen molar-refractivity contribution in [2.45, 2.75) is 24.1 Å². The largest absolute Gasteiger partial charge is 0.399 e. The lowest BCUT2D eigenvalue weighted by Crippen LogP contribution is -2.17. The van der Waals surface area contributed by atoms with Crippen LogP contribution in [0, 0.1) is 0 Å². The normalized spacial score (nSPS) is 14.8. The highest BCUT2D eigenvalue weighted by atomic mass is 35.5. The fourth-order valence-electron chi connectivity index (χ4n) is 3.30. The fraction of sp³-hybridized carbons (Fsp3) is 0.182. The molecule has 1 aliphatic carbocycles. The Bertz CT molecular complexity index is 1220. The van der Waals surface area contributed by atoms with E-state index in [0.29, 0.717) is 21.8 Å². The van der Waals surface area contributed by atoms with Gasteiger partial charge in [0, 0.05) is 32.3 Å². The van der Waals surface area contributed by atoms with E-state index in [-0.39, 0.29) is 6.04 Å². The molecule has 8 heteroatoms. The summed E-state index contributed by atoms with van der Waals surface area (Å²) in [6.45, 7) is 0. The minimum Gasteiger partial charge on any atom is -0.399 e. The van der Waals surface area contributed by atoms with Crippen molar-refractivity contribution in [3.8, 4) is 11.3 Å². The highest BCUT2D eigenvalue weighted by Gasteiger charge is 2.27. The number of pyridine rings is 2. The molecular formula is C22H20ClN5S2. The molecule has 0 saturated heterocycles. The summed E-state index contributed by atoms with van der Waals surface area (Å²) in [5.74, 6) is 0.461. The molecule has 0 spiro atoms. The van der Waals surface area contributed by atoms with E-state index >= 15 is 0 Å². The standard InChI is InChI=1S/C22H20ClN5S2/c23-16-6-7-19(25)27-20(16)21(28-30-14-4-5-14)18-10-12-2-1-3-15(22(12)29-18)17-11-13(24)8-9-26-17/h1-3,6-11,14,21,28H,4-5H2,(H2,24,26)(H2,25,27). The summed E-state index contributed by atoms with van der Waals surface area (Å²) in [5, 5.41) is 2.40. The molecule has 30 heavy (non-hydrogen) atoms. The second kappa shape index (κ2) is 8.07. The van der Waals surface area contributed by atoms with Gasteiger partial charge < -0.3 is 11.5 Å². The molecule has 0 bridgehead atoms. The van der Waals surface area contributed by atoms with Gasteiger partial charge in [-0.2, -0.15) is 0 Å². The molecule has 5 nitrogen and oxygen atoms in total. The minimum absolute atomic E-state index is 0.148. The highest BCUT2D eigenvalue weighted by Crippen LogP contribution is 2.42. The summed E-state index contributed by atoms with van der Waals surface area (Å²) in [6, 6.07) is 15.5. The van der Waals surface area contributed by atoms with Crippen LogP contribution in [0.2, 0.25) is 5.02 Å². The Hall–Kier alpha value is -2.32. The van der Waals surface area contributed by atoms with Crippen LogP contribution < -0.4 is 16.2 Å². The van der Waals surface area contributed by atoms with Crippen LogP contribution in [0.25, 0.3) is 21.3 Å². The van der Waals surface area contributed by atoms with Gasteiger partial charge in [-0.25, -0.2) is 9.71 Å². The Morgan fingerprint density at radius 3 is 2.80 bits per heavy atom. The number of nitrogens with zero attached hydrogens (tertiary/aromatic N) is 2. The van der Waals surface area contributed by atoms with Crippen LogP contribution in [0.15, 0.2) is 54.7 Å². The molecule has 0 amide bonds. The molecule has 1 unspecified atom stereocenters. The number of rotatable bonds is 6. The van der Waals surface area contributed by atoms with Gasteiger partial charge in [0.1, 0.15) is 5.82 Å². The first-order chi connectivity index (χ1) is 14.6. The fourth-order valence-corrected chi connectivity index (χ4v) is 5.76. The van der Waals surface area contributed by atoms with E-state index in [0.717, 1.165) is 31.9 Å². The van der Waals surface area contributed by atoms with E-state index in [2.05, 4.69) is 32.9 Å². The summed E-state index contributed by atoms with van der Waals surface area (Å²) < 4.78 is 4.76. The number of nitrogen functional groups attached to an aromatic ring is 2. The monoisotopic (exact) mass is 453 g/mol. The first-order valence-electron chi connectivity index (χ1n) is 9.66. The number of nitrogens with one attached hydrogen (secondary N) is 1. The summed E-state index contributed by atoms with van der Waals surface area (Å²) in [7, 11) is 0. The molecule has 0 aliphatic heterocycles. The third kappa shape index (κ3) is 3.98. The third-order valence-electron chi connectivity index (χ3n) is 4.95. The van der Waals surface area contributed by atoms with Crippen LogP contribution in [0.5, 0.6) is 0 Å². The van der Waals surface area contributed by atoms with Gasteiger partial charge in [0.15, 0.2) is 0 Å². The smallest absolute Gasteiger partial charge is 0.123 e. The van der Waals surface area contributed by atoms with Gasteiger partial charge in [-0.3, -0.25) is 4.98 Å². The molecule has 1 atom stereocenters. The van der Waals surface area contributed by atoms with Gasteiger partial charge in [0.05, 0.1) is 22.5 Å². The maximum absolute atomic E-state index is 6.53. The number of halogens is 1. The lowest BCUT2D eigenvalue weighted by atomic mass is 10.1. The quantitative estimate of drug-likeness (QED) is 0.326. The van der Waals surface area contributed by atoms with Crippen LogP contribution in [-0.4, -0.2) is 15.2 Å². The average molecular weight is 454 g/mol. The summed E-state index contributed by atoms with van der Waals surface area (Å²) >= 11 is 10.0. The molecule has 1 saturated carbocycles. The van der Waals surface area contributed by atoms with Crippen molar-refractivity contribution in [2.75, 3.05) is 11.5 Å². The molecule has 3 aromatic heterocycles. The second-order valence-electron chi connectivity index (χ2n) is 7.32. The predicted octanol–water partition coefficient (Wildman–Crippen LogP) is 5.67. The maximum Gasteiger partial charge on any atom is 0.123 e. The first kappa shape index (κ1) is 19.6. The van der Waals surface area contributed by atoms with E-state index in [4.69, 9.17) is 23.1 Å². The van der Waals surface area contributed by atoms with Crippen molar-refractivity contribution in [3.05, 3.63) is 70.3 Å². The van der Waals surface area contributed by atoms with E-state index < -0.39 is 0 Å². The van der Waals surface area contributed by atoms with Gasteiger partial charge in [0.2, 0.25) is 0 Å². The minimum atomic E-state index is -0.148. The molecule has 3 heterocycles. The molecule has 1 aliphatic rings. The van der Waals surface area contributed by atoms with Crippen molar-refractivity contribution < 1.29 is 0 Å². The number of aromatic nitrogens is 2. The second-order valence-corrected chi connectivity index (χ2v) is 9.95. The Morgan fingerprint density at radius 1 is 1.13 bits per heavy atom. The van der Waals surface area contributed by atoms with Gasteiger partial charge in [-0.15, -0.1) is 11.3 Å². The van der Waals surface area contributed by atoms with Crippen molar-refractivity contribution in [1.29, 1.82) is 0 Å². The number of thiophene rings is 1. The van der Waals surface area contributed by atoms with E-state index in [9.17, 15) is 0 Å². The maximum atomic E-state index is 6.53. The molecule has 0 radical (unpaired) electrons. The topological polar surface area (TPSA) is 89.8 Å². The highest BCUT2D eigenvalue weighted by molar-refractivity contribution is 7.98. The van der Waals surface area contributed by atoms with Crippen LogP contribution in [0.1, 0.15) is 29.5 Å². The average Bonchev–Trinajstić information content (AvgIpc) is 3.46. The molecule has 152 valence electrons. The lowest BCUT2D eigenvalue weighted by molar-refractivity contribution is 0.788. The zero-order valence-corrected chi connectivity index (χ0v) is 18.4. The summed E-state index contributed by atoms with van der Waals surface area (Å²) in [5.41, 5.74) is 15.4. The van der Waals surface area contributed by atoms with E-state index in [1.807, 2.05) is 18.2 Å².